The Morgan fingerprint density at radius 1 is 1.47 bits per heavy atom. The Labute approximate surface area is 91.0 Å². The van der Waals surface area contributed by atoms with Crippen LogP contribution in [0.3, 0.4) is 0 Å². The van der Waals surface area contributed by atoms with Crippen molar-refractivity contribution in [2.45, 2.75) is 39.2 Å². The lowest BCUT2D eigenvalue weighted by molar-refractivity contribution is 0.0524. The maximum atomic E-state index is 11.3. The first-order valence-corrected chi connectivity index (χ1v) is 5.50. The van der Waals surface area contributed by atoms with E-state index in [1.807, 2.05) is 20.8 Å². The zero-order valence-corrected chi connectivity index (χ0v) is 9.75. The summed E-state index contributed by atoms with van der Waals surface area (Å²) in [5.74, 6) is 1.12. The number of aliphatic hydroxyl groups excluding tert-OH is 1. The van der Waals surface area contributed by atoms with Gasteiger partial charge in [-0.25, -0.2) is 4.79 Å². The number of hydrogen-bond donors (Lipinski definition) is 2. The van der Waals surface area contributed by atoms with E-state index in [0.29, 0.717) is 18.4 Å². The highest BCUT2D eigenvalue weighted by molar-refractivity contribution is 5.67. The van der Waals surface area contributed by atoms with Gasteiger partial charge in [-0.3, -0.25) is 0 Å². The maximum absolute atomic E-state index is 11.3. The van der Waals surface area contributed by atoms with Crippen LogP contribution < -0.4 is 5.32 Å². The molecule has 1 rings (SSSR count). The minimum absolute atomic E-state index is 0.244. The largest absolute Gasteiger partial charge is 0.444 e. The van der Waals surface area contributed by atoms with Crippen LogP contribution in [0.1, 0.15) is 33.6 Å². The monoisotopic (exact) mass is 215 g/mol. The van der Waals surface area contributed by atoms with E-state index in [2.05, 4.69) is 5.32 Å². The number of carbonyl (C=O) groups excluding carboxylic acids is 1. The van der Waals surface area contributed by atoms with Gasteiger partial charge in [0.15, 0.2) is 0 Å². The molecule has 2 N–H and O–H groups in total. The highest BCUT2D eigenvalue weighted by Crippen LogP contribution is 2.40. The molecule has 0 bridgehead atoms. The van der Waals surface area contributed by atoms with Crippen molar-refractivity contribution < 1.29 is 14.6 Å². The Morgan fingerprint density at radius 3 is 2.67 bits per heavy atom. The van der Waals surface area contributed by atoms with E-state index in [1.165, 1.54) is 0 Å². The second-order valence-electron chi connectivity index (χ2n) is 5.15. The van der Waals surface area contributed by atoms with Gasteiger partial charge >= 0.3 is 6.09 Å². The molecule has 15 heavy (non-hydrogen) atoms. The molecule has 2 atom stereocenters. The molecule has 0 spiro atoms. The molecule has 0 heterocycles. The molecule has 0 radical (unpaired) electrons. The summed E-state index contributed by atoms with van der Waals surface area (Å²) in [6, 6.07) is 0. The molecular formula is C11H21NO3. The lowest BCUT2D eigenvalue weighted by Gasteiger charge is -2.19. The summed E-state index contributed by atoms with van der Waals surface area (Å²) in [6.45, 7) is 6.45. The quantitative estimate of drug-likeness (QED) is 0.747. The number of rotatable bonds is 4. The van der Waals surface area contributed by atoms with Gasteiger partial charge in [-0.1, -0.05) is 0 Å². The van der Waals surface area contributed by atoms with Gasteiger partial charge in [0.05, 0.1) is 0 Å². The number of carbonyl (C=O) groups is 1. The van der Waals surface area contributed by atoms with Crippen LogP contribution in [0.15, 0.2) is 0 Å². The van der Waals surface area contributed by atoms with Gasteiger partial charge in [0.1, 0.15) is 5.60 Å². The van der Waals surface area contributed by atoms with Gasteiger partial charge in [-0.05, 0) is 45.4 Å². The molecule has 0 unspecified atom stereocenters. The fourth-order valence-electron chi connectivity index (χ4n) is 1.61. The first-order chi connectivity index (χ1) is 6.92. The average molecular weight is 215 g/mol. The van der Waals surface area contributed by atoms with Crippen molar-refractivity contribution in [3.63, 3.8) is 0 Å². The van der Waals surface area contributed by atoms with Crippen LogP contribution in [0, 0.1) is 11.8 Å². The molecule has 0 saturated heterocycles. The van der Waals surface area contributed by atoms with Gasteiger partial charge in [-0.15, -0.1) is 0 Å². The lowest BCUT2D eigenvalue weighted by Crippen LogP contribution is -2.33. The van der Waals surface area contributed by atoms with E-state index in [9.17, 15) is 4.79 Å². The summed E-state index contributed by atoms with van der Waals surface area (Å²) in [7, 11) is 0. The Balaban J connectivity index is 2.09. The molecule has 0 aromatic rings. The third-order valence-electron chi connectivity index (χ3n) is 2.48. The van der Waals surface area contributed by atoms with Gasteiger partial charge < -0.3 is 15.2 Å². The fourth-order valence-corrected chi connectivity index (χ4v) is 1.61. The van der Waals surface area contributed by atoms with Crippen molar-refractivity contribution >= 4 is 6.09 Å². The van der Waals surface area contributed by atoms with Gasteiger partial charge in [-0.2, -0.15) is 0 Å². The Bertz CT molecular complexity index is 222. The van der Waals surface area contributed by atoms with Crippen molar-refractivity contribution in [3.8, 4) is 0 Å². The third kappa shape index (κ3) is 5.02. The topological polar surface area (TPSA) is 58.6 Å². The smallest absolute Gasteiger partial charge is 0.407 e. The summed E-state index contributed by atoms with van der Waals surface area (Å²) >= 11 is 0. The zero-order valence-electron chi connectivity index (χ0n) is 9.75. The predicted molar refractivity (Wildman–Crippen MR) is 57.5 cm³/mol. The fraction of sp³-hybridized carbons (Fsp3) is 0.909. The second kappa shape index (κ2) is 4.84. The molecule has 1 saturated carbocycles. The normalized spacial score (nSPS) is 24.8. The highest BCUT2D eigenvalue weighted by atomic mass is 16.6. The van der Waals surface area contributed by atoms with E-state index in [0.717, 1.165) is 12.8 Å². The van der Waals surface area contributed by atoms with E-state index < -0.39 is 5.60 Å². The first-order valence-electron chi connectivity index (χ1n) is 5.50. The second-order valence-corrected chi connectivity index (χ2v) is 5.15. The number of ether oxygens (including phenoxy) is 1. The molecule has 1 aliphatic carbocycles. The molecule has 1 fully saturated rings. The average Bonchev–Trinajstić information content (AvgIpc) is 2.78. The molecule has 1 amide bonds. The number of alkyl carbamates (subject to hydrolysis) is 1. The van der Waals surface area contributed by atoms with Gasteiger partial charge in [0.2, 0.25) is 0 Å². The number of aliphatic hydroxyl groups is 1. The highest BCUT2D eigenvalue weighted by Gasteiger charge is 2.36. The van der Waals surface area contributed by atoms with Gasteiger partial charge in [0, 0.05) is 13.2 Å². The molecule has 4 heteroatoms. The maximum Gasteiger partial charge on any atom is 0.407 e. The molecule has 88 valence electrons. The van der Waals surface area contributed by atoms with Crippen molar-refractivity contribution in [2.75, 3.05) is 13.2 Å². The van der Waals surface area contributed by atoms with Crippen LogP contribution in [0.5, 0.6) is 0 Å². The summed E-state index contributed by atoms with van der Waals surface area (Å²) in [6.07, 6.45) is 1.61. The van der Waals surface area contributed by atoms with Crippen molar-refractivity contribution in [3.05, 3.63) is 0 Å². The number of nitrogens with one attached hydrogen (secondary N) is 1. The summed E-state index contributed by atoms with van der Waals surface area (Å²) in [4.78, 5) is 11.3. The Kier molecular flexibility index (Phi) is 3.97. The van der Waals surface area contributed by atoms with Crippen LogP contribution in [-0.2, 0) is 4.74 Å². The molecule has 0 aliphatic heterocycles. The standard InChI is InChI=1S/C11H21NO3/c1-11(2,3)15-10(14)12-7-9-6-8(9)4-5-13/h8-9,13H,4-7H2,1-3H3,(H,12,14)/t8-,9+/m1/s1. The Morgan fingerprint density at radius 2 is 2.13 bits per heavy atom. The van der Waals surface area contributed by atoms with Crippen molar-refractivity contribution in [2.24, 2.45) is 11.8 Å². The molecule has 4 nitrogen and oxygen atoms in total. The summed E-state index contributed by atoms with van der Waals surface area (Å²) in [5.41, 5.74) is -0.432. The van der Waals surface area contributed by atoms with Crippen LogP contribution in [-0.4, -0.2) is 30.0 Å². The van der Waals surface area contributed by atoms with Crippen LogP contribution in [0.2, 0.25) is 0 Å². The van der Waals surface area contributed by atoms with Gasteiger partial charge in [0.25, 0.3) is 0 Å². The van der Waals surface area contributed by atoms with E-state index in [4.69, 9.17) is 9.84 Å². The summed E-state index contributed by atoms with van der Waals surface area (Å²) < 4.78 is 5.11. The van der Waals surface area contributed by atoms with Crippen molar-refractivity contribution in [1.82, 2.24) is 5.32 Å². The number of hydrogen-bond acceptors (Lipinski definition) is 3. The van der Waals surface area contributed by atoms with Crippen LogP contribution >= 0.6 is 0 Å². The lowest BCUT2D eigenvalue weighted by atomic mass is 10.2. The summed E-state index contributed by atoms with van der Waals surface area (Å²) in [5, 5.41) is 11.5. The molecule has 0 aromatic carbocycles. The van der Waals surface area contributed by atoms with Crippen LogP contribution in [0.4, 0.5) is 4.79 Å². The third-order valence-corrected chi connectivity index (χ3v) is 2.48. The van der Waals surface area contributed by atoms with E-state index in [-0.39, 0.29) is 12.7 Å². The first kappa shape index (κ1) is 12.3. The van der Waals surface area contributed by atoms with Crippen LogP contribution in [0.25, 0.3) is 0 Å². The predicted octanol–water partition coefficient (Wildman–Crippen LogP) is 1.53. The zero-order chi connectivity index (χ0) is 11.5. The van der Waals surface area contributed by atoms with E-state index in [1.54, 1.807) is 0 Å². The number of amides is 1. The molecular weight excluding hydrogens is 194 g/mol. The minimum atomic E-state index is -0.432. The van der Waals surface area contributed by atoms with Crippen molar-refractivity contribution in [1.29, 1.82) is 0 Å². The Hall–Kier alpha value is -0.770. The minimum Gasteiger partial charge on any atom is -0.444 e. The van der Waals surface area contributed by atoms with E-state index >= 15 is 0 Å². The molecule has 1 aliphatic rings. The SMILES string of the molecule is CC(C)(C)OC(=O)NC[C@@H]1C[C@H]1CCO. The molecule has 0 aromatic heterocycles.